The second kappa shape index (κ2) is 11.5. The first-order chi connectivity index (χ1) is 19.8. The number of hydrogen-bond acceptors (Lipinski definition) is 9. The van der Waals surface area contributed by atoms with Gasteiger partial charge >= 0.3 is 6.09 Å². The molecular formula is C28H28N4O6S3. The van der Waals surface area contributed by atoms with Crippen LogP contribution in [0, 0.1) is 0 Å². The summed E-state index contributed by atoms with van der Waals surface area (Å²) in [6.07, 6.45) is 0.255. The van der Waals surface area contributed by atoms with Gasteiger partial charge in [0.05, 0.1) is 41.5 Å². The number of carbonyl (C=O) groups is 2. The van der Waals surface area contributed by atoms with E-state index in [1.807, 2.05) is 24.3 Å². The molecule has 2 aliphatic heterocycles. The van der Waals surface area contributed by atoms with Gasteiger partial charge in [-0.3, -0.25) is 4.79 Å². The summed E-state index contributed by atoms with van der Waals surface area (Å²) in [6, 6.07) is 13.9. The number of para-hydroxylation sites is 1. The highest BCUT2D eigenvalue weighted by atomic mass is 32.2. The molecule has 10 nitrogen and oxygen atoms in total. The van der Waals surface area contributed by atoms with E-state index < -0.39 is 10.0 Å². The average molecular weight is 613 g/mol. The van der Waals surface area contributed by atoms with Gasteiger partial charge in [-0.1, -0.05) is 12.1 Å². The first-order valence-electron chi connectivity index (χ1n) is 13.3. The van der Waals surface area contributed by atoms with Crippen molar-refractivity contribution in [3.8, 4) is 10.6 Å². The van der Waals surface area contributed by atoms with Gasteiger partial charge < -0.3 is 19.7 Å². The van der Waals surface area contributed by atoms with Gasteiger partial charge in [0.15, 0.2) is 0 Å². The topological polar surface area (TPSA) is 118 Å². The molecule has 6 rings (SSSR count). The number of aromatic nitrogens is 1. The highest BCUT2D eigenvalue weighted by molar-refractivity contribution is 7.89. The van der Waals surface area contributed by atoms with Crippen molar-refractivity contribution in [3.05, 3.63) is 64.5 Å². The molecule has 214 valence electrons. The van der Waals surface area contributed by atoms with E-state index in [0.717, 1.165) is 31.2 Å². The Morgan fingerprint density at radius 2 is 1.80 bits per heavy atom. The number of carbonyl (C=O) groups excluding carboxylic acids is 2. The molecule has 41 heavy (non-hydrogen) atoms. The summed E-state index contributed by atoms with van der Waals surface area (Å²) in [4.78, 5) is 33.5. The first-order valence-corrected chi connectivity index (χ1v) is 16.3. The summed E-state index contributed by atoms with van der Waals surface area (Å²) in [5.74, 6) is -0.358. The Labute approximate surface area is 245 Å². The van der Waals surface area contributed by atoms with E-state index in [0.29, 0.717) is 63.0 Å². The molecule has 1 fully saturated rings. The summed E-state index contributed by atoms with van der Waals surface area (Å²) in [5, 5.41) is 4.50. The summed E-state index contributed by atoms with van der Waals surface area (Å²) < 4.78 is 38.9. The Hall–Kier alpha value is -3.36. The Morgan fingerprint density at radius 3 is 2.54 bits per heavy atom. The summed E-state index contributed by atoms with van der Waals surface area (Å²) in [5.41, 5.74) is 3.15. The lowest BCUT2D eigenvalue weighted by atomic mass is 10.0. The number of nitrogens with zero attached hydrogens (tertiary/aromatic N) is 3. The van der Waals surface area contributed by atoms with Crippen LogP contribution in [-0.2, 0) is 32.5 Å². The fourth-order valence-electron chi connectivity index (χ4n) is 4.96. The molecule has 0 unspecified atom stereocenters. The number of fused-ring (bicyclic) bond motifs is 2. The standard InChI is InChI=1S/C28H28N4O6S3/c1-2-38-28(34)31-12-11-20-23(17-31)40-27(24(20)26-29-21-5-3-4-6-22(21)39-26)30-25(33)18-7-9-19(10-8-18)41(35,36)32-13-15-37-16-14-32/h3-10H,2,11-17H2,1H3,(H,30,33). The smallest absolute Gasteiger partial charge is 0.410 e. The lowest BCUT2D eigenvalue weighted by Crippen LogP contribution is -2.40. The average Bonchev–Trinajstić information content (AvgIpc) is 3.58. The number of anilines is 1. The number of thiazole rings is 1. The third kappa shape index (κ3) is 5.47. The largest absolute Gasteiger partial charge is 0.450 e. The predicted octanol–water partition coefficient (Wildman–Crippen LogP) is 4.81. The number of rotatable bonds is 6. The van der Waals surface area contributed by atoms with Crippen molar-refractivity contribution in [1.82, 2.24) is 14.2 Å². The minimum Gasteiger partial charge on any atom is -0.450 e. The van der Waals surface area contributed by atoms with Crippen LogP contribution in [0.4, 0.5) is 9.80 Å². The number of amides is 2. The van der Waals surface area contributed by atoms with Crippen molar-refractivity contribution in [2.24, 2.45) is 0 Å². The van der Waals surface area contributed by atoms with Crippen LogP contribution in [0.25, 0.3) is 20.8 Å². The second-order valence-electron chi connectivity index (χ2n) is 9.56. The zero-order chi connectivity index (χ0) is 28.6. The summed E-state index contributed by atoms with van der Waals surface area (Å²) in [6.45, 7) is 4.30. The first kappa shape index (κ1) is 27.8. The maximum atomic E-state index is 13.4. The molecule has 0 bridgehead atoms. The molecule has 1 saturated heterocycles. The number of morpholine rings is 1. The molecular weight excluding hydrogens is 585 g/mol. The lowest BCUT2D eigenvalue weighted by molar-refractivity contribution is 0.0730. The quantitative estimate of drug-likeness (QED) is 0.332. The van der Waals surface area contributed by atoms with Gasteiger partial charge in [0, 0.05) is 35.6 Å². The molecule has 2 amide bonds. The van der Waals surface area contributed by atoms with Gasteiger partial charge in [-0.05, 0) is 55.3 Å². The van der Waals surface area contributed by atoms with Crippen molar-refractivity contribution in [3.63, 3.8) is 0 Å². The minimum atomic E-state index is -3.66. The fraction of sp³-hybridized carbons (Fsp3) is 0.321. The van der Waals surface area contributed by atoms with Crippen LogP contribution in [0.15, 0.2) is 53.4 Å². The van der Waals surface area contributed by atoms with Crippen LogP contribution < -0.4 is 5.32 Å². The van der Waals surface area contributed by atoms with Crippen LogP contribution in [-0.4, -0.2) is 74.1 Å². The zero-order valence-corrected chi connectivity index (χ0v) is 24.7. The second-order valence-corrected chi connectivity index (χ2v) is 13.6. The highest BCUT2D eigenvalue weighted by Crippen LogP contribution is 2.46. The number of sulfonamides is 1. The van der Waals surface area contributed by atoms with Crippen LogP contribution in [0.3, 0.4) is 0 Å². The molecule has 4 heterocycles. The van der Waals surface area contributed by atoms with Crippen molar-refractivity contribution in [2.45, 2.75) is 24.8 Å². The third-order valence-electron chi connectivity index (χ3n) is 7.04. The van der Waals surface area contributed by atoms with E-state index in [1.165, 1.54) is 39.9 Å². The molecule has 0 atom stereocenters. The summed E-state index contributed by atoms with van der Waals surface area (Å²) in [7, 11) is -3.66. The molecule has 1 N–H and O–H groups in total. The number of hydrogen-bond donors (Lipinski definition) is 1. The molecule has 2 aliphatic rings. The van der Waals surface area contributed by atoms with Gasteiger partial charge in [-0.2, -0.15) is 4.31 Å². The number of benzene rings is 2. The molecule has 0 radical (unpaired) electrons. The summed E-state index contributed by atoms with van der Waals surface area (Å²) >= 11 is 2.98. The Morgan fingerprint density at radius 1 is 1.05 bits per heavy atom. The normalized spacial score (nSPS) is 16.0. The fourth-order valence-corrected chi connectivity index (χ4v) is 8.73. The van der Waals surface area contributed by atoms with Crippen molar-refractivity contribution >= 4 is 59.9 Å². The molecule has 0 saturated carbocycles. The van der Waals surface area contributed by atoms with Gasteiger partial charge in [0.2, 0.25) is 10.0 Å². The zero-order valence-electron chi connectivity index (χ0n) is 22.3. The minimum absolute atomic E-state index is 0.136. The molecule has 2 aromatic heterocycles. The van der Waals surface area contributed by atoms with Crippen LogP contribution >= 0.6 is 22.7 Å². The van der Waals surface area contributed by atoms with E-state index in [-0.39, 0.29) is 16.9 Å². The van der Waals surface area contributed by atoms with Gasteiger partial charge in [-0.25, -0.2) is 18.2 Å². The van der Waals surface area contributed by atoms with Gasteiger partial charge in [0.25, 0.3) is 5.91 Å². The SMILES string of the molecule is CCOC(=O)N1CCc2c(sc(NC(=O)c3ccc(S(=O)(=O)N4CCOCC4)cc3)c2-c2nc3ccccc3s2)C1. The van der Waals surface area contributed by atoms with Crippen LogP contribution in [0.5, 0.6) is 0 Å². The van der Waals surface area contributed by atoms with Crippen LogP contribution in [0.2, 0.25) is 0 Å². The van der Waals surface area contributed by atoms with Gasteiger partial charge in [-0.15, -0.1) is 22.7 Å². The predicted molar refractivity (Wildman–Crippen MR) is 158 cm³/mol. The molecule has 13 heteroatoms. The number of ether oxygens (including phenoxy) is 2. The van der Waals surface area contributed by atoms with Crippen molar-refractivity contribution in [2.75, 3.05) is 44.8 Å². The highest BCUT2D eigenvalue weighted by Gasteiger charge is 2.31. The van der Waals surface area contributed by atoms with Crippen molar-refractivity contribution in [1.29, 1.82) is 0 Å². The third-order valence-corrected chi connectivity index (χ3v) is 11.1. The van der Waals surface area contributed by atoms with E-state index >= 15 is 0 Å². The Bertz CT molecular complexity index is 1680. The Balaban J connectivity index is 1.30. The molecule has 2 aromatic carbocycles. The van der Waals surface area contributed by atoms with Crippen molar-refractivity contribution < 1.29 is 27.5 Å². The molecule has 0 spiro atoms. The molecule has 4 aromatic rings. The number of thiophene rings is 1. The maximum Gasteiger partial charge on any atom is 0.410 e. The van der Waals surface area contributed by atoms with E-state index in [1.54, 1.807) is 23.2 Å². The van der Waals surface area contributed by atoms with E-state index in [2.05, 4.69) is 5.32 Å². The van der Waals surface area contributed by atoms with E-state index in [4.69, 9.17) is 14.5 Å². The lowest BCUT2D eigenvalue weighted by Gasteiger charge is -2.26. The Kier molecular flexibility index (Phi) is 7.79. The monoisotopic (exact) mass is 612 g/mol. The maximum absolute atomic E-state index is 13.4. The van der Waals surface area contributed by atoms with E-state index in [9.17, 15) is 18.0 Å². The number of nitrogens with one attached hydrogen (secondary N) is 1. The molecule has 0 aliphatic carbocycles. The van der Waals surface area contributed by atoms with Crippen LogP contribution in [0.1, 0.15) is 27.7 Å². The van der Waals surface area contributed by atoms with Gasteiger partial charge in [0.1, 0.15) is 10.0 Å².